The highest BCUT2D eigenvalue weighted by atomic mass is 16.6. The summed E-state index contributed by atoms with van der Waals surface area (Å²) in [5.41, 5.74) is 1.61. The summed E-state index contributed by atoms with van der Waals surface area (Å²) >= 11 is 0. The molecule has 0 aromatic carbocycles. The molecule has 6 nitrogen and oxygen atoms in total. The smallest absolute Gasteiger partial charge is 0.330 e. The first-order valence-corrected chi connectivity index (χ1v) is 5.19. The predicted octanol–water partition coefficient (Wildman–Crippen LogP) is 1.80. The molecule has 0 atom stereocenters. The Morgan fingerprint density at radius 1 is 1.53 bits per heavy atom. The van der Waals surface area contributed by atoms with E-state index in [0.717, 1.165) is 12.0 Å². The quantitative estimate of drug-likeness (QED) is 0.591. The van der Waals surface area contributed by atoms with Gasteiger partial charge in [-0.15, -0.1) is 0 Å². The molecule has 2 heterocycles. The van der Waals surface area contributed by atoms with E-state index in [1.165, 1.54) is 13.2 Å². The Bertz CT molecular complexity index is 471. The van der Waals surface area contributed by atoms with E-state index in [0.29, 0.717) is 18.9 Å². The second-order valence-corrected chi connectivity index (χ2v) is 3.54. The van der Waals surface area contributed by atoms with Crippen LogP contribution in [0.2, 0.25) is 0 Å². The lowest BCUT2D eigenvalue weighted by atomic mass is 10.1. The summed E-state index contributed by atoms with van der Waals surface area (Å²) in [4.78, 5) is 14.4. The van der Waals surface area contributed by atoms with Crippen molar-refractivity contribution in [1.29, 1.82) is 0 Å². The molecule has 2 rings (SSSR count). The van der Waals surface area contributed by atoms with Gasteiger partial charge in [-0.25, -0.2) is 4.98 Å². The van der Waals surface area contributed by atoms with Crippen molar-refractivity contribution in [3.8, 4) is 5.88 Å². The largest absolute Gasteiger partial charge is 0.476 e. The predicted molar refractivity (Wildman–Crippen MR) is 60.9 cm³/mol. The average molecular weight is 236 g/mol. The molecule has 0 N–H and O–H groups in total. The number of rotatable bonds is 3. The molecule has 1 aromatic rings. The monoisotopic (exact) mass is 236 g/mol. The summed E-state index contributed by atoms with van der Waals surface area (Å²) in [5.74, 6) is 0.0416. The Hall–Kier alpha value is -1.95. The Morgan fingerprint density at radius 3 is 2.94 bits per heavy atom. The normalized spacial score (nSPS) is 15.2. The summed E-state index contributed by atoms with van der Waals surface area (Å²) in [5, 5.41) is 10.7. The Kier molecular flexibility index (Phi) is 3.34. The Labute approximate surface area is 98.0 Å². The van der Waals surface area contributed by atoms with Crippen LogP contribution in [0.15, 0.2) is 18.2 Å². The van der Waals surface area contributed by atoms with Crippen LogP contribution in [0.5, 0.6) is 5.88 Å². The molecule has 1 aliphatic rings. The van der Waals surface area contributed by atoms with Crippen LogP contribution in [0.1, 0.15) is 12.1 Å². The van der Waals surface area contributed by atoms with Crippen LogP contribution in [-0.2, 0) is 4.74 Å². The van der Waals surface area contributed by atoms with Crippen molar-refractivity contribution in [2.45, 2.75) is 6.42 Å². The number of nitro groups is 1. The van der Waals surface area contributed by atoms with Gasteiger partial charge in [-0.1, -0.05) is 6.08 Å². The van der Waals surface area contributed by atoms with E-state index < -0.39 is 4.92 Å². The van der Waals surface area contributed by atoms with Crippen molar-refractivity contribution >= 4 is 11.3 Å². The van der Waals surface area contributed by atoms with Crippen molar-refractivity contribution < 1.29 is 14.4 Å². The van der Waals surface area contributed by atoms with E-state index in [9.17, 15) is 10.1 Å². The molecule has 6 heteroatoms. The first-order chi connectivity index (χ1) is 8.22. The van der Waals surface area contributed by atoms with Gasteiger partial charge in [0, 0.05) is 6.07 Å². The summed E-state index contributed by atoms with van der Waals surface area (Å²) in [6.45, 7) is 1.20. The lowest BCUT2D eigenvalue weighted by Gasteiger charge is -2.13. The fourth-order valence-electron chi connectivity index (χ4n) is 1.66. The molecule has 17 heavy (non-hydrogen) atoms. The van der Waals surface area contributed by atoms with Crippen LogP contribution in [0.25, 0.3) is 5.57 Å². The molecular formula is C11H12N2O4. The van der Waals surface area contributed by atoms with Gasteiger partial charge < -0.3 is 9.47 Å². The first kappa shape index (κ1) is 11.5. The maximum Gasteiger partial charge on any atom is 0.330 e. The van der Waals surface area contributed by atoms with Crippen LogP contribution < -0.4 is 4.74 Å². The lowest BCUT2D eigenvalue weighted by Crippen LogP contribution is -2.06. The molecule has 0 saturated carbocycles. The Balaban J connectivity index is 2.37. The van der Waals surface area contributed by atoms with E-state index in [1.54, 1.807) is 6.07 Å². The number of pyridine rings is 1. The van der Waals surface area contributed by atoms with Crippen LogP contribution in [0.4, 0.5) is 5.69 Å². The van der Waals surface area contributed by atoms with E-state index in [2.05, 4.69) is 4.98 Å². The zero-order chi connectivity index (χ0) is 12.3. The van der Waals surface area contributed by atoms with E-state index in [4.69, 9.17) is 9.47 Å². The number of methoxy groups -OCH3 is 1. The maximum atomic E-state index is 10.7. The number of ether oxygens (including phenoxy) is 2. The maximum absolute atomic E-state index is 10.7. The van der Waals surface area contributed by atoms with Crippen molar-refractivity contribution in [2.24, 2.45) is 0 Å². The third-order valence-corrected chi connectivity index (χ3v) is 2.52. The molecule has 0 spiro atoms. The zero-order valence-electron chi connectivity index (χ0n) is 9.38. The standard InChI is InChI=1S/C11H12N2O4/c1-16-11-10(13(14)15)3-2-9(12-11)8-4-6-17-7-5-8/h2-4H,5-7H2,1H3. The molecule has 1 aromatic heterocycles. The van der Waals surface area contributed by atoms with Crippen LogP contribution in [0.3, 0.4) is 0 Å². The molecule has 0 unspecified atom stereocenters. The highest BCUT2D eigenvalue weighted by Gasteiger charge is 2.18. The molecule has 0 bridgehead atoms. The minimum absolute atomic E-state index is 0.0416. The number of aromatic nitrogens is 1. The number of hydrogen-bond donors (Lipinski definition) is 0. The van der Waals surface area contributed by atoms with Gasteiger partial charge in [-0.2, -0.15) is 0 Å². The highest BCUT2D eigenvalue weighted by molar-refractivity contribution is 5.65. The van der Waals surface area contributed by atoms with Gasteiger partial charge in [-0.3, -0.25) is 10.1 Å². The summed E-state index contributed by atoms with van der Waals surface area (Å²) in [7, 11) is 1.37. The van der Waals surface area contributed by atoms with Crippen LogP contribution in [0, 0.1) is 10.1 Å². The topological polar surface area (TPSA) is 74.5 Å². The van der Waals surface area contributed by atoms with Gasteiger partial charge >= 0.3 is 5.69 Å². The fourth-order valence-corrected chi connectivity index (χ4v) is 1.66. The lowest BCUT2D eigenvalue weighted by molar-refractivity contribution is -0.386. The minimum Gasteiger partial charge on any atom is -0.476 e. The third kappa shape index (κ3) is 2.42. The zero-order valence-corrected chi connectivity index (χ0v) is 9.38. The fraction of sp³-hybridized carbons (Fsp3) is 0.364. The molecule has 90 valence electrons. The van der Waals surface area contributed by atoms with Gasteiger partial charge in [0.15, 0.2) is 0 Å². The van der Waals surface area contributed by atoms with Gasteiger partial charge in [0.2, 0.25) is 0 Å². The van der Waals surface area contributed by atoms with Crippen molar-refractivity contribution in [3.63, 3.8) is 0 Å². The molecular weight excluding hydrogens is 224 g/mol. The summed E-state index contributed by atoms with van der Waals surface area (Å²) in [6.07, 6.45) is 2.69. The number of hydrogen-bond acceptors (Lipinski definition) is 5. The first-order valence-electron chi connectivity index (χ1n) is 5.19. The molecule has 1 aliphatic heterocycles. The molecule has 0 amide bonds. The van der Waals surface area contributed by atoms with Crippen LogP contribution >= 0.6 is 0 Å². The van der Waals surface area contributed by atoms with Gasteiger partial charge in [-0.05, 0) is 18.1 Å². The van der Waals surface area contributed by atoms with E-state index in [-0.39, 0.29) is 11.6 Å². The summed E-state index contributed by atoms with van der Waals surface area (Å²) < 4.78 is 10.1. The SMILES string of the molecule is COc1nc(C2=CCOCC2)ccc1[N+](=O)[O-]. The van der Waals surface area contributed by atoms with Crippen molar-refractivity contribution in [3.05, 3.63) is 34.0 Å². The molecule has 0 saturated heterocycles. The minimum atomic E-state index is -0.506. The van der Waals surface area contributed by atoms with Crippen molar-refractivity contribution in [2.75, 3.05) is 20.3 Å². The van der Waals surface area contributed by atoms with Gasteiger partial charge in [0.25, 0.3) is 5.88 Å². The van der Waals surface area contributed by atoms with E-state index >= 15 is 0 Å². The van der Waals surface area contributed by atoms with Gasteiger partial charge in [0.1, 0.15) is 0 Å². The highest BCUT2D eigenvalue weighted by Crippen LogP contribution is 2.28. The van der Waals surface area contributed by atoms with Crippen LogP contribution in [-0.4, -0.2) is 30.2 Å². The van der Waals surface area contributed by atoms with E-state index in [1.807, 2.05) is 6.08 Å². The average Bonchev–Trinajstić information content (AvgIpc) is 2.39. The Morgan fingerprint density at radius 2 is 2.35 bits per heavy atom. The molecule has 0 fully saturated rings. The van der Waals surface area contributed by atoms with Gasteiger partial charge in [0.05, 0.1) is 30.9 Å². The van der Waals surface area contributed by atoms with Crippen molar-refractivity contribution in [1.82, 2.24) is 4.98 Å². The third-order valence-electron chi connectivity index (χ3n) is 2.52. The second kappa shape index (κ2) is 4.92. The molecule has 0 aliphatic carbocycles. The molecule has 0 radical (unpaired) electrons. The second-order valence-electron chi connectivity index (χ2n) is 3.54. The number of nitrogens with zero attached hydrogens (tertiary/aromatic N) is 2. The summed E-state index contributed by atoms with van der Waals surface area (Å²) in [6, 6.07) is 3.05.